The summed E-state index contributed by atoms with van der Waals surface area (Å²) in [4.78, 5) is 24.2. The monoisotopic (exact) mass is 306 g/mol. The molecular formula is C14H15FN4OS. The van der Waals surface area contributed by atoms with Gasteiger partial charge in [0, 0.05) is 51.6 Å². The number of piperazine rings is 1. The molecule has 0 atom stereocenters. The van der Waals surface area contributed by atoms with E-state index in [2.05, 4.69) is 14.9 Å². The second kappa shape index (κ2) is 5.77. The van der Waals surface area contributed by atoms with Crippen molar-refractivity contribution in [2.75, 3.05) is 31.1 Å². The Kier molecular flexibility index (Phi) is 3.83. The molecule has 0 aliphatic carbocycles. The summed E-state index contributed by atoms with van der Waals surface area (Å²) in [6, 6.07) is 3.18. The van der Waals surface area contributed by atoms with Crippen molar-refractivity contribution in [2.45, 2.75) is 6.92 Å². The summed E-state index contributed by atoms with van der Waals surface area (Å²) in [7, 11) is 0. The summed E-state index contributed by atoms with van der Waals surface area (Å²) in [6.45, 7) is 4.58. The van der Waals surface area contributed by atoms with Crippen LogP contribution >= 0.6 is 11.3 Å². The molecule has 1 saturated heterocycles. The van der Waals surface area contributed by atoms with Crippen LogP contribution in [0.2, 0.25) is 0 Å². The molecule has 3 heterocycles. The van der Waals surface area contributed by atoms with E-state index in [1.807, 2.05) is 4.90 Å². The Balaban J connectivity index is 1.73. The highest BCUT2D eigenvalue weighted by atomic mass is 32.1. The van der Waals surface area contributed by atoms with E-state index in [1.54, 1.807) is 19.2 Å². The minimum absolute atomic E-state index is 0.113. The number of nitrogens with zero attached hydrogens (tertiary/aromatic N) is 4. The molecule has 3 rings (SSSR count). The predicted octanol–water partition coefficient (Wildman–Crippen LogP) is 2.01. The molecule has 21 heavy (non-hydrogen) atoms. The fourth-order valence-corrected chi connectivity index (χ4v) is 3.28. The Bertz CT molecular complexity index is 652. The molecule has 1 aliphatic rings. The molecule has 0 unspecified atom stereocenters. The molecule has 0 aromatic carbocycles. The van der Waals surface area contributed by atoms with Gasteiger partial charge in [-0.3, -0.25) is 4.79 Å². The first-order valence-electron chi connectivity index (χ1n) is 6.72. The highest BCUT2D eigenvalue weighted by molar-refractivity contribution is 7.18. The van der Waals surface area contributed by atoms with Gasteiger partial charge in [-0.1, -0.05) is 11.3 Å². The van der Waals surface area contributed by atoms with Gasteiger partial charge in [0.25, 0.3) is 0 Å². The molecule has 0 N–H and O–H groups in total. The first-order valence-corrected chi connectivity index (χ1v) is 7.53. The van der Waals surface area contributed by atoms with E-state index in [4.69, 9.17) is 0 Å². The number of pyridine rings is 1. The van der Waals surface area contributed by atoms with Gasteiger partial charge in [-0.05, 0) is 11.6 Å². The lowest BCUT2D eigenvalue weighted by molar-refractivity contribution is -0.129. The number of anilines is 1. The number of carbonyl (C=O) groups is 1. The van der Waals surface area contributed by atoms with E-state index in [0.29, 0.717) is 13.1 Å². The summed E-state index contributed by atoms with van der Waals surface area (Å²) in [5, 5.41) is 0.908. The van der Waals surface area contributed by atoms with Crippen LogP contribution in [0.4, 0.5) is 9.52 Å². The zero-order valence-corrected chi connectivity index (χ0v) is 12.4. The minimum Gasteiger partial charge on any atom is -0.345 e. The molecule has 0 radical (unpaired) electrons. The third-order valence-electron chi connectivity index (χ3n) is 3.50. The van der Waals surface area contributed by atoms with Crippen LogP contribution in [-0.4, -0.2) is 47.0 Å². The van der Waals surface area contributed by atoms with Crippen molar-refractivity contribution in [1.29, 1.82) is 0 Å². The van der Waals surface area contributed by atoms with Gasteiger partial charge in [-0.25, -0.2) is 9.97 Å². The fraction of sp³-hybridized carbons (Fsp3) is 0.357. The topological polar surface area (TPSA) is 49.3 Å². The van der Waals surface area contributed by atoms with Crippen LogP contribution in [-0.2, 0) is 4.79 Å². The van der Waals surface area contributed by atoms with Crippen LogP contribution < -0.4 is 4.90 Å². The zero-order chi connectivity index (χ0) is 14.8. The van der Waals surface area contributed by atoms with Crippen LogP contribution in [0.15, 0.2) is 24.5 Å². The van der Waals surface area contributed by atoms with E-state index in [0.717, 1.165) is 28.7 Å². The Morgan fingerprint density at radius 1 is 1.29 bits per heavy atom. The van der Waals surface area contributed by atoms with Crippen molar-refractivity contribution in [3.05, 3.63) is 30.5 Å². The second-order valence-electron chi connectivity index (χ2n) is 4.87. The second-order valence-corrected chi connectivity index (χ2v) is 5.88. The van der Waals surface area contributed by atoms with Crippen LogP contribution in [0.1, 0.15) is 6.92 Å². The first kappa shape index (κ1) is 13.9. The van der Waals surface area contributed by atoms with Crippen LogP contribution in [0, 0.1) is 5.95 Å². The maximum atomic E-state index is 13.2. The maximum Gasteiger partial charge on any atom is 0.219 e. The number of amides is 1. The van der Waals surface area contributed by atoms with Crippen LogP contribution in [0.25, 0.3) is 10.4 Å². The molecule has 0 spiro atoms. The number of halogens is 1. The lowest BCUT2D eigenvalue weighted by Gasteiger charge is -2.33. The van der Waals surface area contributed by atoms with Gasteiger partial charge >= 0.3 is 0 Å². The van der Waals surface area contributed by atoms with Gasteiger partial charge in [0.15, 0.2) is 5.13 Å². The van der Waals surface area contributed by atoms with Crippen molar-refractivity contribution in [1.82, 2.24) is 14.9 Å². The molecule has 1 amide bonds. The lowest BCUT2D eigenvalue weighted by atomic mass is 10.2. The summed E-state index contributed by atoms with van der Waals surface area (Å²) in [6.07, 6.45) is 3.21. The van der Waals surface area contributed by atoms with Crippen molar-refractivity contribution in [3.63, 3.8) is 0 Å². The number of hydrogen-bond donors (Lipinski definition) is 0. The SMILES string of the molecule is CC(=O)N1CCN(c2ncc(-c3ccnc(F)c3)s2)CC1. The molecule has 2 aromatic heterocycles. The van der Waals surface area contributed by atoms with Gasteiger partial charge in [0.1, 0.15) is 0 Å². The maximum absolute atomic E-state index is 13.2. The highest BCUT2D eigenvalue weighted by Crippen LogP contribution is 2.31. The molecule has 0 saturated carbocycles. The Morgan fingerprint density at radius 3 is 2.71 bits per heavy atom. The summed E-state index contributed by atoms with van der Waals surface area (Å²) in [5.74, 6) is -0.376. The van der Waals surface area contributed by atoms with Crippen LogP contribution in [0.3, 0.4) is 0 Å². The molecule has 2 aromatic rings. The lowest BCUT2D eigenvalue weighted by Crippen LogP contribution is -2.48. The van der Waals surface area contributed by atoms with E-state index < -0.39 is 5.95 Å². The fourth-order valence-electron chi connectivity index (χ4n) is 2.31. The van der Waals surface area contributed by atoms with Crippen molar-refractivity contribution in [3.8, 4) is 10.4 Å². The number of carbonyl (C=O) groups excluding carboxylic acids is 1. The van der Waals surface area contributed by atoms with Gasteiger partial charge in [-0.2, -0.15) is 4.39 Å². The Morgan fingerprint density at radius 2 is 2.05 bits per heavy atom. The molecular weight excluding hydrogens is 291 g/mol. The molecule has 1 fully saturated rings. The minimum atomic E-state index is -0.488. The Hall–Kier alpha value is -2.02. The van der Waals surface area contributed by atoms with Crippen LogP contribution in [0.5, 0.6) is 0 Å². The normalized spacial score (nSPS) is 15.3. The van der Waals surface area contributed by atoms with E-state index in [-0.39, 0.29) is 5.91 Å². The number of rotatable bonds is 2. The largest absolute Gasteiger partial charge is 0.345 e. The van der Waals surface area contributed by atoms with Gasteiger partial charge in [0.05, 0.1) is 4.88 Å². The smallest absolute Gasteiger partial charge is 0.219 e. The summed E-state index contributed by atoms with van der Waals surface area (Å²) in [5.41, 5.74) is 0.786. The van der Waals surface area contributed by atoms with Crippen molar-refractivity contribution in [2.24, 2.45) is 0 Å². The average molecular weight is 306 g/mol. The standard InChI is InChI=1S/C14H15FN4OS/c1-10(20)18-4-6-19(7-5-18)14-17-9-12(21-14)11-2-3-16-13(15)8-11/h2-3,8-9H,4-7H2,1H3. The van der Waals surface area contributed by atoms with Crippen molar-refractivity contribution >= 4 is 22.4 Å². The number of aromatic nitrogens is 2. The third-order valence-corrected chi connectivity index (χ3v) is 4.61. The molecule has 1 aliphatic heterocycles. The number of hydrogen-bond acceptors (Lipinski definition) is 5. The Labute approximate surface area is 126 Å². The van der Waals surface area contributed by atoms with Gasteiger partial charge in [0.2, 0.25) is 11.9 Å². The first-order chi connectivity index (χ1) is 10.1. The predicted molar refractivity (Wildman–Crippen MR) is 79.8 cm³/mol. The summed E-state index contributed by atoms with van der Waals surface area (Å²) < 4.78 is 13.2. The zero-order valence-electron chi connectivity index (χ0n) is 11.6. The third kappa shape index (κ3) is 3.02. The molecule has 0 bridgehead atoms. The molecule has 7 heteroatoms. The van der Waals surface area contributed by atoms with E-state index in [1.165, 1.54) is 23.6 Å². The van der Waals surface area contributed by atoms with E-state index in [9.17, 15) is 9.18 Å². The average Bonchev–Trinajstić information content (AvgIpc) is 2.97. The summed E-state index contributed by atoms with van der Waals surface area (Å²) >= 11 is 1.53. The van der Waals surface area contributed by atoms with Gasteiger partial charge < -0.3 is 9.80 Å². The molecule has 5 nitrogen and oxygen atoms in total. The van der Waals surface area contributed by atoms with Crippen molar-refractivity contribution < 1.29 is 9.18 Å². The number of thiazole rings is 1. The highest BCUT2D eigenvalue weighted by Gasteiger charge is 2.20. The quantitative estimate of drug-likeness (QED) is 0.797. The molecule has 110 valence electrons. The van der Waals surface area contributed by atoms with Gasteiger partial charge in [-0.15, -0.1) is 0 Å². The van der Waals surface area contributed by atoms with E-state index >= 15 is 0 Å².